The summed E-state index contributed by atoms with van der Waals surface area (Å²) in [5, 5.41) is 15.5. The summed E-state index contributed by atoms with van der Waals surface area (Å²) in [4.78, 5) is 4.61. The number of hydrogen-bond donors (Lipinski definition) is 1. The van der Waals surface area contributed by atoms with Gasteiger partial charge in [0.05, 0.1) is 11.7 Å². The third-order valence-corrected chi connectivity index (χ3v) is 5.53. The summed E-state index contributed by atoms with van der Waals surface area (Å²) < 4.78 is 14.6. The molecule has 0 saturated carbocycles. The topological polar surface area (TPSA) is 84.0 Å². The van der Waals surface area contributed by atoms with Crippen LogP contribution in [0.25, 0.3) is 22.8 Å². The molecule has 1 atom stereocenters. The third-order valence-electron chi connectivity index (χ3n) is 4.94. The van der Waals surface area contributed by atoms with Gasteiger partial charge in [0.1, 0.15) is 11.8 Å². The lowest BCUT2D eigenvalue weighted by molar-refractivity contribution is 0.242. The second-order valence-corrected chi connectivity index (χ2v) is 8.08. The van der Waals surface area contributed by atoms with E-state index in [0.29, 0.717) is 28.6 Å². The van der Waals surface area contributed by atoms with E-state index < -0.39 is 0 Å². The van der Waals surface area contributed by atoms with E-state index in [4.69, 9.17) is 9.26 Å². The van der Waals surface area contributed by atoms with Gasteiger partial charge in [-0.05, 0) is 61.4 Å². The van der Waals surface area contributed by atoms with Gasteiger partial charge in [0, 0.05) is 17.2 Å². The standard InChI is InChI=1S/C23H22N4O2S/c1-4-30-27-20-10-9-17-18(20)6-5-7-19(17)22-25-23(29-26-22)15-8-11-21(28-14(2)3)16(12-15)13-24/h4-8,11-12,14,20,27H,1,9-10H2,2-3H3. The maximum absolute atomic E-state index is 9.47. The molecular weight excluding hydrogens is 396 g/mol. The first-order valence-electron chi connectivity index (χ1n) is 9.79. The summed E-state index contributed by atoms with van der Waals surface area (Å²) >= 11 is 1.51. The molecule has 6 nitrogen and oxygen atoms in total. The van der Waals surface area contributed by atoms with Gasteiger partial charge < -0.3 is 9.26 Å². The zero-order chi connectivity index (χ0) is 21.1. The van der Waals surface area contributed by atoms with Crippen molar-refractivity contribution >= 4 is 11.9 Å². The highest BCUT2D eigenvalue weighted by Gasteiger charge is 2.26. The Labute approximate surface area is 180 Å². The average molecular weight is 419 g/mol. The van der Waals surface area contributed by atoms with Crippen molar-refractivity contribution in [2.75, 3.05) is 0 Å². The van der Waals surface area contributed by atoms with Gasteiger partial charge in [0.15, 0.2) is 0 Å². The second kappa shape index (κ2) is 8.74. The Morgan fingerprint density at radius 3 is 3.00 bits per heavy atom. The van der Waals surface area contributed by atoms with Crippen LogP contribution in [-0.4, -0.2) is 16.2 Å². The van der Waals surface area contributed by atoms with Gasteiger partial charge in [0.2, 0.25) is 5.82 Å². The van der Waals surface area contributed by atoms with Crippen LogP contribution in [-0.2, 0) is 6.42 Å². The molecule has 152 valence electrons. The third kappa shape index (κ3) is 3.97. The highest BCUT2D eigenvalue weighted by Crippen LogP contribution is 2.38. The van der Waals surface area contributed by atoms with Crippen LogP contribution in [0.3, 0.4) is 0 Å². The lowest BCUT2D eigenvalue weighted by atomic mass is 10.0. The van der Waals surface area contributed by atoms with E-state index in [1.165, 1.54) is 23.1 Å². The minimum atomic E-state index is -0.0127. The molecule has 0 bridgehead atoms. The summed E-state index contributed by atoms with van der Waals surface area (Å²) in [5.41, 5.74) is 4.61. The van der Waals surface area contributed by atoms with Crippen molar-refractivity contribution in [2.24, 2.45) is 0 Å². The Bertz CT molecular complexity index is 1120. The van der Waals surface area contributed by atoms with E-state index in [1.807, 2.05) is 32.0 Å². The van der Waals surface area contributed by atoms with Gasteiger partial charge in [-0.15, -0.1) is 0 Å². The fourth-order valence-corrected chi connectivity index (χ4v) is 4.18. The number of aromatic nitrogens is 2. The van der Waals surface area contributed by atoms with E-state index in [1.54, 1.807) is 17.5 Å². The van der Waals surface area contributed by atoms with Crippen LogP contribution >= 0.6 is 11.9 Å². The highest BCUT2D eigenvalue weighted by molar-refractivity contribution is 8.00. The molecule has 0 amide bonds. The van der Waals surface area contributed by atoms with E-state index in [0.717, 1.165) is 18.4 Å². The van der Waals surface area contributed by atoms with Crippen LogP contribution in [0, 0.1) is 11.3 Å². The zero-order valence-electron chi connectivity index (χ0n) is 16.9. The fourth-order valence-electron chi connectivity index (χ4n) is 3.67. The van der Waals surface area contributed by atoms with Crippen LogP contribution in [0.5, 0.6) is 5.75 Å². The van der Waals surface area contributed by atoms with Crippen molar-refractivity contribution < 1.29 is 9.26 Å². The molecule has 30 heavy (non-hydrogen) atoms. The van der Waals surface area contributed by atoms with E-state index >= 15 is 0 Å². The van der Waals surface area contributed by atoms with Gasteiger partial charge in [0.25, 0.3) is 5.89 Å². The maximum Gasteiger partial charge on any atom is 0.258 e. The Balaban J connectivity index is 1.64. The normalized spacial score (nSPS) is 15.1. The molecule has 1 N–H and O–H groups in total. The van der Waals surface area contributed by atoms with Crippen LogP contribution in [0.1, 0.15) is 43.0 Å². The minimum Gasteiger partial charge on any atom is -0.490 e. The van der Waals surface area contributed by atoms with Gasteiger partial charge in [-0.3, -0.25) is 4.72 Å². The van der Waals surface area contributed by atoms with Gasteiger partial charge in [-0.25, -0.2) is 0 Å². The molecule has 7 heteroatoms. The molecule has 1 aliphatic rings. The Kier molecular flexibility index (Phi) is 5.88. The lowest BCUT2D eigenvalue weighted by Crippen LogP contribution is -2.09. The average Bonchev–Trinajstić information content (AvgIpc) is 3.39. The number of fused-ring (bicyclic) bond motifs is 1. The van der Waals surface area contributed by atoms with E-state index in [9.17, 15) is 5.26 Å². The summed E-state index contributed by atoms with van der Waals surface area (Å²) in [6.07, 6.45) is 1.95. The van der Waals surface area contributed by atoms with Crippen LogP contribution in [0.2, 0.25) is 0 Å². The van der Waals surface area contributed by atoms with Crippen molar-refractivity contribution in [2.45, 2.75) is 38.8 Å². The largest absolute Gasteiger partial charge is 0.490 e. The number of rotatable bonds is 7. The molecular formula is C23H22N4O2S. The number of ether oxygens (including phenoxy) is 1. The first-order chi connectivity index (χ1) is 14.6. The van der Waals surface area contributed by atoms with Gasteiger partial charge >= 0.3 is 0 Å². The molecule has 4 rings (SSSR count). The molecule has 1 aromatic heterocycles. The zero-order valence-corrected chi connectivity index (χ0v) is 17.7. The van der Waals surface area contributed by atoms with Crippen molar-refractivity contribution in [1.29, 1.82) is 5.26 Å². The monoisotopic (exact) mass is 418 g/mol. The Morgan fingerprint density at radius 2 is 2.23 bits per heavy atom. The summed E-state index contributed by atoms with van der Waals surface area (Å²) in [6.45, 7) is 7.59. The Hall–Kier alpha value is -3.08. The molecule has 0 spiro atoms. The second-order valence-electron chi connectivity index (χ2n) is 7.28. The van der Waals surface area contributed by atoms with Crippen molar-refractivity contribution in [3.8, 4) is 34.7 Å². The molecule has 3 aromatic rings. The van der Waals surface area contributed by atoms with E-state index in [2.05, 4.69) is 33.6 Å². The summed E-state index contributed by atoms with van der Waals surface area (Å²) in [5.74, 6) is 1.48. The number of hydrogen-bond acceptors (Lipinski definition) is 7. The molecule has 1 aliphatic carbocycles. The maximum atomic E-state index is 9.47. The van der Waals surface area contributed by atoms with Crippen LogP contribution < -0.4 is 9.46 Å². The van der Waals surface area contributed by atoms with Gasteiger partial charge in [-0.2, -0.15) is 10.2 Å². The molecule has 0 saturated heterocycles. The first-order valence-corrected chi connectivity index (χ1v) is 10.7. The van der Waals surface area contributed by atoms with Crippen LogP contribution in [0.4, 0.5) is 0 Å². The molecule has 1 heterocycles. The molecule has 2 aromatic carbocycles. The van der Waals surface area contributed by atoms with Crippen molar-refractivity contribution in [3.63, 3.8) is 0 Å². The van der Waals surface area contributed by atoms with Crippen LogP contribution in [0.15, 0.2) is 52.9 Å². The quantitative estimate of drug-likeness (QED) is 0.512. The first kappa shape index (κ1) is 20.2. The predicted octanol–water partition coefficient (Wildman–Crippen LogP) is 5.43. The van der Waals surface area contributed by atoms with E-state index in [-0.39, 0.29) is 12.1 Å². The molecule has 1 unspecified atom stereocenters. The SMILES string of the molecule is C=CSNC1CCc2c(-c3noc(-c4ccc(OC(C)C)c(C#N)c4)n3)cccc21. The number of nitriles is 1. The van der Waals surface area contributed by atoms with Crippen molar-refractivity contribution in [3.05, 3.63) is 65.1 Å². The molecule has 0 fully saturated rings. The minimum absolute atomic E-state index is 0.0127. The molecule has 0 aliphatic heterocycles. The van der Waals surface area contributed by atoms with Gasteiger partial charge in [-0.1, -0.05) is 41.9 Å². The fraction of sp³-hybridized carbons (Fsp3) is 0.261. The molecule has 0 radical (unpaired) electrons. The predicted molar refractivity (Wildman–Crippen MR) is 118 cm³/mol. The smallest absolute Gasteiger partial charge is 0.258 e. The number of nitrogens with zero attached hydrogens (tertiary/aromatic N) is 3. The lowest BCUT2D eigenvalue weighted by Gasteiger charge is -2.12. The number of nitrogens with one attached hydrogen (secondary N) is 1. The Morgan fingerprint density at radius 1 is 1.37 bits per heavy atom. The summed E-state index contributed by atoms with van der Waals surface area (Å²) in [6, 6.07) is 14.0. The van der Waals surface area contributed by atoms with Crippen molar-refractivity contribution in [1.82, 2.24) is 14.9 Å². The highest BCUT2D eigenvalue weighted by atomic mass is 32.2. The number of benzene rings is 2. The summed E-state index contributed by atoms with van der Waals surface area (Å²) in [7, 11) is 0.